The third-order valence-electron chi connectivity index (χ3n) is 2.43. The number of hydrogen-bond acceptors (Lipinski definition) is 3. The fraction of sp³-hybridized carbons (Fsp3) is 0.933. The molecule has 0 aliphatic heterocycles. The summed E-state index contributed by atoms with van der Waals surface area (Å²) in [5.41, 5.74) is 0. The summed E-state index contributed by atoms with van der Waals surface area (Å²) in [6.45, 7) is 13.0. The number of rotatable bonds is 8. The first kappa shape index (κ1) is 22.7. The molecule has 0 amide bonds. The molecule has 0 fully saturated rings. The Labute approximate surface area is 115 Å². The van der Waals surface area contributed by atoms with E-state index in [1.807, 2.05) is 55.6 Å². The lowest BCUT2D eigenvalue weighted by atomic mass is 9.97. The summed E-state index contributed by atoms with van der Waals surface area (Å²) in [7, 11) is 3.82. The molecule has 3 nitrogen and oxygen atoms in total. The van der Waals surface area contributed by atoms with Gasteiger partial charge in [-0.2, -0.15) is 0 Å². The zero-order chi connectivity index (χ0) is 15.0. The molecule has 112 valence electrons. The van der Waals surface area contributed by atoms with E-state index in [1.165, 1.54) is 0 Å². The Morgan fingerprint density at radius 1 is 1.00 bits per heavy atom. The summed E-state index contributed by atoms with van der Waals surface area (Å²) in [4.78, 5) is 11.7. The Bertz CT molecular complexity index is 159. The Morgan fingerprint density at radius 2 is 1.50 bits per heavy atom. The lowest BCUT2D eigenvalue weighted by molar-refractivity contribution is -0.124. The van der Waals surface area contributed by atoms with Crippen LogP contribution in [-0.2, 0) is 4.79 Å². The van der Waals surface area contributed by atoms with Crippen molar-refractivity contribution in [3.8, 4) is 0 Å². The molecule has 2 N–H and O–H groups in total. The standard InChI is InChI=1S/C11H24N2O.2C2H6/c1-9(2)11(14)10(13-4)7-5-6-8-12-3;2*1-2/h9-10,12-13H,5-8H2,1-4H3;2*1-2H3. The summed E-state index contributed by atoms with van der Waals surface area (Å²) >= 11 is 0. The van der Waals surface area contributed by atoms with Gasteiger partial charge in [-0.1, -0.05) is 48.0 Å². The van der Waals surface area contributed by atoms with Gasteiger partial charge in [-0.05, 0) is 33.5 Å². The zero-order valence-electron chi connectivity index (χ0n) is 13.9. The van der Waals surface area contributed by atoms with Crippen molar-refractivity contribution in [2.75, 3.05) is 20.6 Å². The van der Waals surface area contributed by atoms with Gasteiger partial charge in [0.1, 0.15) is 0 Å². The van der Waals surface area contributed by atoms with Crippen LogP contribution in [0.3, 0.4) is 0 Å². The van der Waals surface area contributed by atoms with Gasteiger partial charge in [-0.15, -0.1) is 0 Å². The third kappa shape index (κ3) is 13.7. The summed E-state index contributed by atoms with van der Waals surface area (Å²) in [6, 6.07) is 0.0480. The molecular formula is C15H36N2O. The van der Waals surface area contributed by atoms with Crippen LogP contribution in [0.5, 0.6) is 0 Å². The molecule has 0 aromatic rings. The largest absolute Gasteiger partial charge is 0.320 e. The molecular weight excluding hydrogens is 224 g/mol. The fourth-order valence-corrected chi connectivity index (χ4v) is 1.48. The van der Waals surface area contributed by atoms with E-state index in [0.29, 0.717) is 5.78 Å². The predicted molar refractivity (Wildman–Crippen MR) is 83.2 cm³/mol. The monoisotopic (exact) mass is 260 g/mol. The number of unbranched alkanes of at least 4 members (excludes halogenated alkanes) is 1. The van der Waals surface area contributed by atoms with Crippen molar-refractivity contribution in [2.45, 2.75) is 66.8 Å². The van der Waals surface area contributed by atoms with E-state index in [1.54, 1.807) is 0 Å². The van der Waals surface area contributed by atoms with Gasteiger partial charge >= 0.3 is 0 Å². The summed E-state index contributed by atoms with van der Waals surface area (Å²) < 4.78 is 0. The highest BCUT2D eigenvalue weighted by atomic mass is 16.1. The Balaban J connectivity index is -0.000000506. The number of ketones is 1. The minimum atomic E-state index is 0.0480. The normalized spacial score (nSPS) is 10.9. The van der Waals surface area contributed by atoms with Crippen molar-refractivity contribution in [1.29, 1.82) is 0 Å². The average Bonchev–Trinajstić information content (AvgIpc) is 2.42. The van der Waals surface area contributed by atoms with Crippen LogP contribution in [0.1, 0.15) is 60.8 Å². The molecule has 0 aromatic heterocycles. The number of carbonyl (C=O) groups is 1. The second-order valence-electron chi connectivity index (χ2n) is 4.00. The molecule has 0 heterocycles. The van der Waals surface area contributed by atoms with Crippen LogP contribution in [0.15, 0.2) is 0 Å². The van der Waals surface area contributed by atoms with Crippen LogP contribution in [0.4, 0.5) is 0 Å². The van der Waals surface area contributed by atoms with Gasteiger partial charge in [0.15, 0.2) is 5.78 Å². The molecule has 0 aliphatic rings. The van der Waals surface area contributed by atoms with E-state index in [4.69, 9.17) is 0 Å². The van der Waals surface area contributed by atoms with Crippen molar-refractivity contribution in [1.82, 2.24) is 10.6 Å². The van der Waals surface area contributed by atoms with Gasteiger partial charge < -0.3 is 10.6 Å². The number of likely N-dealkylation sites (N-methyl/N-ethyl adjacent to an activating group) is 1. The number of carbonyl (C=O) groups excluding carboxylic acids is 1. The molecule has 18 heavy (non-hydrogen) atoms. The molecule has 3 heteroatoms. The minimum Gasteiger partial charge on any atom is -0.320 e. The van der Waals surface area contributed by atoms with Gasteiger partial charge in [0.05, 0.1) is 6.04 Å². The molecule has 0 saturated heterocycles. The highest BCUT2D eigenvalue weighted by Crippen LogP contribution is 2.06. The van der Waals surface area contributed by atoms with Crippen molar-refractivity contribution in [3.05, 3.63) is 0 Å². The number of hydrogen-bond donors (Lipinski definition) is 2. The smallest absolute Gasteiger partial charge is 0.152 e. The topological polar surface area (TPSA) is 41.1 Å². The van der Waals surface area contributed by atoms with Crippen LogP contribution in [0, 0.1) is 5.92 Å². The van der Waals surface area contributed by atoms with E-state index < -0.39 is 0 Å². The van der Waals surface area contributed by atoms with E-state index in [2.05, 4.69) is 10.6 Å². The van der Waals surface area contributed by atoms with E-state index in [0.717, 1.165) is 25.8 Å². The molecule has 0 aliphatic carbocycles. The SMILES string of the molecule is CC.CC.CNCCCCC(NC)C(=O)C(C)C. The van der Waals surface area contributed by atoms with Gasteiger partial charge in [0.25, 0.3) is 0 Å². The first-order valence-electron chi connectivity index (χ1n) is 7.49. The number of nitrogens with one attached hydrogen (secondary N) is 2. The van der Waals surface area contributed by atoms with E-state index in [9.17, 15) is 4.79 Å². The molecule has 0 bridgehead atoms. The second kappa shape index (κ2) is 18.9. The molecule has 0 aromatic carbocycles. The summed E-state index contributed by atoms with van der Waals surface area (Å²) in [5.74, 6) is 0.466. The first-order chi connectivity index (χ1) is 8.63. The summed E-state index contributed by atoms with van der Waals surface area (Å²) in [5, 5.41) is 6.20. The molecule has 1 atom stereocenters. The number of Topliss-reactive ketones (excluding diaryl/α,β-unsaturated/α-hetero) is 1. The van der Waals surface area contributed by atoms with Crippen molar-refractivity contribution in [2.24, 2.45) is 5.92 Å². The maximum absolute atomic E-state index is 11.7. The van der Waals surface area contributed by atoms with Crippen molar-refractivity contribution in [3.63, 3.8) is 0 Å². The Kier molecular flexibility index (Phi) is 23.9. The molecule has 0 spiro atoms. The van der Waals surface area contributed by atoms with Gasteiger partial charge in [-0.3, -0.25) is 4.79 Å². The van der Waals surface area contributed by atoms with Crippen molar-refractivity contribution < 1.29 is 4.79 Å². The van der Waals surface area contributed by atoms with Crippen molar-refractivity contribution >= 4 is 5.78 Å². The van der Waals surface area contributed by atoms with Crippen LogP contribution >= 0.6 is 0 Å². The maximum Gasteiger partial charge on any atom is 0.152 e. The van der Waals surface area contributed by atoms with Crippen LogP contribution in [0.2, 0.25) is 0 Å². The molecule has 0 saturated carbocycles. The predicted octanol–water partition coefficient (Wildman–Crippen LogP) is 3.24. The summed E-state index contributed by atoms with van der Waals surface area (Å²) in [6.07, 6.45) is 3.19. The lowest BCUT2D eigenvalue weighted by Gasteiger charge is -2.16. The van der Waals surface area contributed by atoms with E-state index >= 15 is 0 Å². The van der Waals surface area contributed by atoms with E-state index in [-0.39, 0.29) is 12.0 Å². The van der Waals surface area contributed by atoms with Gasteiger partial charge in [0, 0.05) is 5.92 Å². The maximum atomic E-state index is 11.7. The van der Waals surface area contributed by atoms with Crippen LogP contribution in [-0.4, -0.2) is 32.5 Å². The van der Waals surface area contributed by atoms with Gasteiger partial charge in [-0.25, -0.2) is 0 Å². The molecule has 1 unspecified atom stereocenters. The fourth-order valence-electron chi connectivity index (χ4n) is 1.48. The van der Waals surface area contributed by atoms with Crippen LogP contribution in [0.25, 0.3) is 0 Å². The van der Waals surface area contributed by atoms with Crippen LogP contribution < -0.4 is 10.6 Å². The average molecular weight is 260 g/mol. The first-order valence-corrected chi connectivity index (χ1v) is 7.49. The quantitative estimate of drug-likeness (QED) is 0.658. The third-order valence-corrected chi connectivity index (χ3v) is 2.43. The Hall–Kier alpha value is -0.410. The highest BCUT2D eigenvalue weighted by Gasteiger charge is 2.18. The minimum absolute atomic E-state index is 0.0480. The Morgan fingerprint density at radius 3 is 1.83 bits per heavy atom. The highest BCUT2D eigenvalue weighted by molar-refractivity contribution is 5.85. The lowest BCUT2D eigenvalue weighted by Crippen LogP contribution is -2.36. The molecule has 0 radical (unpaired) electrons. The van der Waals surface area contributed by atoms with Gasteiger partial charge in [0.2, 0.25) is 0 Å². The second-order valence-corrected chi connectivity index (χ2v) is 4.00. The molecule has 0 rings (SSSR count). The zero-order valence-corrected chi connectivity index (χ0v) is 13.9.